The molecule has 0 amide bonds. The number of carbonyl (C=O) groups is 1. The minimum atomic E-state index is -0.448. The number of pyridine rings is 1. The number of aromatic nitrogens is 1. The van der Waals surface area contributed by atoms with Crippen molar-refractivity contribution < 1.29 is 19.2 Å². The molecule has 0 aliphatic carbocycles. The van der Waals surface area contributed by atoms with E-state index in [0.29, 0.717) is 17.1 Å². The molecule has 1 aliphatic heterocycles. The number of rotatable bonds is 5. The Morgan fingerprint density at radius 2 is 1.96 bits per heavy atom. The summed E-state index contributed by atoms with van der Waals surface area (Å²) in [7, 11) is 0. The molecule has 4 rings (SSSR count). The van der Waals surface area contributed by atoms with Crippen LogP contribution in [-0.2, 0) is 6.61 Å². The number of ketones is 1. The molecule has 0 saturated heterocycles. The largest absolute Gasteiger partial charge is 0.489 e. The number of hydrogen-bond donors (Lipinski definition) is 0. The normalized spacial score (nSPS) is 13.9. The zero-order valence-electron chi connectivity index (χ0n) is 14.6. The molecule has 2 heterocycles. The SMILES string of the molecule is O=C1C(=Cc2cccnc2)Oc2cc(OCc3ccc([N+](=O)[O-])cc3)ccc21. The zero-order chi connectivity index (χ0) is 19.5. The molecule has 0 atom stereocenters. The Labute approximate surface area is 160 Å². The molecule has 0 bridgehead atoms. The van der Waals surface area contributed by atoms with Gasteiger partial charge in [0.2, 0.25) is 5.78 Å². The fourth-order valence-electron chi connectivity index (χ4n) is 2.75. The third-order valence-electron chi connectivity index (χ3n) is 4.18. The van der Waals surface area contributed by atoms with Crippen LogP contribution in [0.2, 0.25) is 0 Å². The van der Waals surface area contributed by atoms with Crippen LogP contribution in [0, 0.1) is 10.1 Å². The zero-order valence-corrected chi connectivity index (χ0v) is 14.6. The number of nitro benzene ring substituents is 1. The molecule has 1 aliphatic rings. The summed E-state index contributed by atoms with van der Waals surface area (Å²) in [5.74, 6) is 1.00. The average Bonchev–Trinajstić information content (AvgIpc) is 3.02. The Kier molecular flexibility index (Phi) is 4.55. The number of allylic oxidation sites excluding steroid dienone is 1. The van der Waals surface area contributed by atoms with E-state index in [4.69, 9.17) is 9.47 Å². The van der Waals surface area contributed by atoms with Crippen LogP contribution >= 0.6 is 0 Å². The summed E-state index contributed by atoms with van der Waals surface area (Å²) in [6.07, 6.45) is 4.95. The maximum Gasteiger partial charge on any atom is 0.269 e. The summed E-state index contributed by atoms with van der Waals surface area (Å²) in [5.41, 5.74) is 2.06. The van der Waals surface area contributed by atoms with E-state index >= 15 is 0 Å². The van der Waals surface area contributed by atoms with Gasteiger partial charge in [-0.1, -0.05) is 6.07 Å². The van der Waals surface area contributed by atoms with Gasteiger partial charge in [0.25, 0.3) is 5.69 Å². The lowest BCUT2D eigenvalue weighted by Gasteiger charge is -2.07. The first-order valence-corrected chi connectivity index (χ1v) is 8.44. The fraction of sp³-hybridized carbons (Fsp3) is 0.0476. The summed E-state index contributed by atoms with van der Waals surface area (Å²) >= 11 is 0. The number of nitrogens with zero attached hydrogens (tertiary/aromatic N) is 2. The maximum absolute atomic E-state index is 12.5. The number of ether oxygens (including phenoxy) is 2. The third kappa shape index (κ3) is 3.59. The number of Topliss-reactive ketones (excluding diaryl/α,β-unsaturated/α-hetero) is 1. The van der Waals surface area contributed by atoms with Crippen molar-refractivity contribution in [3.8, 4) is 11.5 Å². The summed E-state index contributed by atoms with van der Waals surface area (Å²) < 4.78 is 11.4. The van der Waals surface area contributed by atoms with Crippen LogP contribution in [0.5, 0.6) is 11.5 Å². The van der Waals surface area contributed by atoms with Gasteiger partial charge in [-0.05, 0) is 47.5 Å². The van der Waals surface area contributed by atoms with Crippen molar-refractivity contribution in [3.05, 3.63) is 99.6 Å². The monoisotopic (exact) mass is 374 g/mol. The first-order chi connectivity index (χ1) is 13.6. The van der Waals surface area contributed by atoms with Gasteiger partial charge < -0.3 is 9.47 Å². The molecule has 2 aromatic carbocycles. The van der Waals surface area contributed by atoms with Crippen molar-refractivity contribution in [2.24, 2.45) is 0 Å². The second kappa shape index (κ2) is 7.32. The van der Waals surface area contributed by atoms with Crippen LogP contribution in [0.15, 0.2) is 72.8 Å². The van der Waals surface area contributed by atoms with Gasteiger partial charge in [0.05, 0.1) is 10.5 Å². The molecule has 0 saturated carbocycles. The van der Waals surface area contributed by atoms with E-state index in [9.17, 15) is 14.9 Å². The lowest BCUT2D eigenvalue weighted by atomic mass is 10.1. The second-order valence-electron chi connectivity index (χ2n) is 6.10. The topological polar surface area (TPSA) is 91.6 Å². The third-order valence-corrected chi connectivity index (χ3v) is 4.18. The maximum atomic E-state index is 12.5. The molecule has 138 valence electrons. The molecule has 0 unspecified atom stereocenters. The Morgan fingerprint density at radius 1 is 1.14 bits per heavy atom. The fourth-order valence-corrected chi connectivity index (χ4v) is 2.75. The molecule has 28 heavy (non-hydrogen) atoms. The second-order valence-corrected chi connectivity index (χ2v) is 6.10. The first kappa shape index (κ1) is 17.4. The summed E-state index contributed by atoms with van der Waals surface area (Å²) in [5, 5.41) is 10.7. The van der Waals surface area contributed by atoms with E-state index in [0.717, 1.165) is 11.1 Å². The van der Waals surface area contributed by atoms with Crippen LogP contribution in [0.25, 0.3) is 6.08 Å². The van der Waals surface area contributed by atoms with E-state index < -0.39 is 4.92 Å². The van der Waals surface area contributed by atoms with Gasteiger partial charge in [0, 0.05) is 30.6 Å². The summed E-state index contributed by atoms with van der Waals surface area (Å²) in [6, 6.07) is 14.8. The highest BCUT2D eigenvalue weighted by Gasteiger charge is 2.27. The molecule has 0 fully saturated rings. The summed E-state index contributed by atoms with van der Waals surface area (Å²) in [4.78, 5) is 26.7. The van der Waals surface area contributed by atoms with Crippen LogP contribution in [0.3, 0.4) is 0 Å². The molecule has 0 N–H and O–H groups in total. The first-order valence-electron chi connectivity index (χ1n) is 8.44. The van der Waals surface area contributed by atoms with E-state index in [2.05, 4.69) is 4.98 Å². The minimum Gasteiger partial charge on any atom is -0.489 e. The molecule has 1 aromatic heterocycles. The number of non-ortho nitro benzene ring substituents is 1. The molecule has 0 spiro atoms. The van der Waals surface area contributed by atoms with Gasteiger partial charge in [-0.2, -0.15) is 0 Å². The standard InChI is InChI=1S/C21H14N2O5/c24-21-18-8-7-17(27-13-14-3-5-16(6-4-14)23(25)26)11-19(18)28-20(21)10-15-2-1-9-22-12-15/h1-12H,13H2. The van der Waals surface area contributed by atoms with Gasteiger partial charge in [-0.3, -0.25) is 19.9 Å². The number of fused-ring (bicyclic) bond motifs is 1. The van der Waals surface area contributed by atoms with Gasteiger partial charge in [-0.25, -0.2) is 0 Å². The lowest BCUT2D eigenvalue weighted by molar-refractivity contribution is -0.384. The lowest BCUT2D eigenvalue weighted by Crippen LogP contribution is -1.98. The number of benzene rings is 2. The Morgan fingerprint density at radius 3 is 2.68 bits per heavy atom. The molecular formula is C21H14N2O5. The van der Waals surface area contributed by atoms with Gasteiger partial charge in [0.15, 0.2) is 5.76 Å². The Balaban J connectivity index is 1.47. The van der Waals surface area contributed by atoms with Crippen molar-refractivity contribution in [1.29, 1.82) is 0 Å². The minimum absolute atomic E-state index is 0.0288. The predicted molar refractivity (Wildman–Crippen MR) is 101 cm³/mol. The Bertz CT molecular complexity index is 1080. The van der Waals surface area contributed by atoms with Crippen molar-refractivity contribution in [2.45, 2.75) is 6.61 Å². The molecular weight excluding hydrogens is 360 g/mol. The van der Waals surface area contributed by atoms with Crippen LogP contribution in [0.1, 0.15) is 21.5 Å². The number of nitro groups is 1. The average molecular weight is 374 g/mol. The molecule has 3 aromatic rings. The highest BCUT2D eigenvalue weighted by Crippen LogP contribution is 2.35. The van der Waals surface area contributed by atoms with Gasteiger partial charge >= 0.3 is 0 Å². The molecule has 7 heteroatoms. The van der Waals surface area contributed by atoms with Crippen LogP contribution in [-0.4, -0.2) is 15.7 Å². The quantitative estimate of drug-likeness (QED) is 0.378. The van der Waals surface area contributed by atoms with Crippen molar-refractivity contribution >= 4 is 17.5 Å². The Hall–Kier alpha value is -4.00. The van der Waals surface area contributed by atoms with Crippen molar-refractivity contribution in [3.63, 3.8) is 0 Å². The number of hydrogen-bond acceptors (Lipinski definition) is 6. The van der Waals surface area contributed by atoms with E-state index in [1.165, 1.54) is 12.1 Å². The van der Waals surface area contributed by atoms with Crippen molar-refractivity contribution in [1.82, 2.24) is 4.98 Å². The van der Waals surface area contributed by atoms with Crippen molar-refractivity contribution in [2.75, 3.05) is 0 Å². The van der Waals surface area contributed by atoms with E-state index in [1.807, 2.05) is 6.07 Å². The van der Waals surface area contributed by atoms with Gasteiger partial charge in [-0.15, -0.1) is 0 Å². The smallest absolute Gasteiger partial charge is 0.269 e. The molecule has 0 radical (unpaired) electrons. The number of carbonyl (C=O) groups excluding carboxylic acids is 1. The van der Waals surface area contributed by atoms with Crippen LogP contribution in [0.4, 0.5) is 5.69 Å². The predicted octanol–water partition coefficient (Wildman–Crippen LogP) is 4.19. The molecule has 7 nitrogen and oxygen atoms in total. The highest BCUT2D eigenvalue weighted by molar-refractivity contribution is 6.14. The van der Waals surface area contributed by atoms with E-state index in [1.54, 1.807) is 54.9 Å². The van der Waals surface area contributed by atoms with Gasteiger partial charge in [0.1, 0.15) is 18.1 Å². The van der Waals surface area contributed by atoms with Crippen LogP contribution < -0.4 is 9.47 Å². The van der Waals surface area contributed by atoms with E-state index in [-0.39, 0.29) is 23.8 Å². The highest BCUT2D eigenvalue weighted by atomic mass is 16.6. The summed E-state index contributed by atoms with van der Waals surface area (Å²) in [6.45, 7) is 0.239.